The molecule has 0 bridgehead atoms. The van der Waals surface area contributed by atoms with Gasteiger partial charge in [-0.25, -0.2) is 4.79 Å². The molecule has 1 aromatic heterocycles. The van der Waals surface area contributed by atoms with Gasteiger partial charge in [0.15, 0.2) is 0 Å². The van der Waals surface area contributed by atoms with E-state index in [0.29, 0.717) is 17.1 Å². The van der Waals surface area contributed by atoms with E-state index in [2.05, 4.69) is 4.74 Å². The quantitative estimate of drug-likeness (QED) is 0.815. The van der Waals surface area contributed by atoms with Crippen molar-refractivity contribution in [2.24, 2.45) is 0 Å². The Kier molecular flexibility index (Phi) is 4.62. The molecule has 94 valence electrons. The fourth-order valence-corrected chi connectivity index (χ4v) is 1.89. The number of carbonyl (C=O) groups excluding carboxylic acids is 1. The summed E-state index contributed by atoms with van der Waals surface area (Å²) in [4.78, 5) is 21.9. The van der Waals surface area contributed by atoms with Gasteiger partial charge in [-0.15, -0.1) is 11.8 Å². The van der Waals surface area contributed by atoms with Crippen molar-refractivity contribution in [3.8, 4) is 0 Å². The van der Waals surface area contributed by atoms with E-state index in [1.54, 1.807) is 19.9 Å². The number of aryl methyl sites for hydroxylation is 1. The van der Waals surface area contributed by atoms with Gasteiger partial charge in [0.2, 0.25) is 5.76 Å². The lowest BCUT2D eigenvalue weighted by Gasteiger charge is -2.03. The van der Waals surface area contributed by atoms with Crippen molar-refractivity contribution in [2.45, 2.75) is 24.9 Å². The van der Waals surface area contributed by atoms with Gasteiger partial charge in [-0.3, -0.25) is 4.79 Å². The monoisotopic (exact) mass is 258 g/mol. The number of carboxylic acid groups (broad SMARTS) is 1. The van der Waals surface area contributed by atoms with Crippen molar-refractivity contribution in [1.29, 1.82) is 0 Å². The lowest BCUT2D eigenvalue weighted by Crippen LogP contribution is -2.11. The lowest BCUT2D eigenvalue weighted by molar-refractivity contribution is -0.136. The number of hydrogen-bond donors (Lipinski definition) is 1. The van der Waals surface area contributed by atoms with Gasteiger partial charge in [-0.05, 0) is 19.9 Å². The van der Waals surface area contributed by atoms with E-state index in [9.17, 15) is 9.59 Å². The highest BCUT2D eigenvalue weighted by Crippen LogP contribution is 2.22. The Balaban J connectivity index is 2.68. The van der Waals surface area contributed by atoms with Gasteiger partial charge >= 0.3 is 11.9 Å². The fourth-order valence-electron chi connectivity index (χ4n) is 1.19. The number of esters is 1. The molecule has 0 fully saturated rings. The van der Waals surface area contributed by atoms with Crippen molar-refractivity contribution < 1.29 is 23.8 Å². The van der Waals surface area contributed by atoms with Crippen LogP contribution in [-0.2, 0) is 15.3 Å². The summed E-state index contributed by atoms with van der Waals surface area (Å²) in [6.45, 7) is 3.34. The minimum Gasteiger partial charge on any atom is -0.480 e. The number of thioether (sulfide) groups is 1. The van der Waals surface area contributed by atoms with Gasteiger partial charge in [0.05, 0.1) is 18.1 Å². The Hall–Kier alpha value is -1.43. The lowest BCUT2D eigenvalue weighted by atomic mass is 10.3. The third-order valence-electron chi connectivity index (χ3n) is 2.16. The predicted molar refractivity (Wildman–Crippen MR) is 63.2 cm³/mol. The summed E-state index contributed by atoms with van der Waals surface area (Å²) in [5.41, 5.74) is 0.690. The maximum absolute atomic E-state index is 11.3. The van der Waals surface area contributed by atoms with Crippen molar-refractivity contribution in [2.75, 3.05) is 7.11 Å². The molecule has 0 aromatic carbocycles. The number of hydrogen-bond acceptors (Lipinski definition) is 5. The Bertz CT molecular complexity index is 423. The molecule has 0 spiro atoms. The number of methoxy groups -OCH3 is 1. The SMILES string of the molecule is COC(=O)c1oc(CSC(C)C(=O)O)cc1C. The zero-order valence-corrected chi connectivity index (χ0v) is 10.7. The van der Waals surface area contributed by atoms with E-state index in [1.807, 2.05) is 0 Å². The average Bonchev–Trinajstić information content (AvgIpc) is 2.66. The normalized spacial score (nSPS) is 12.2. The summed E-state index contributed by atoms with van der Waals surface area (Å²) in [7, 11) is 1.28. The van der Waals surface area contributed by atoms with Crippen LogP contribution >= 0.6 is 11.8 Å². The maximum Gasteiger partial charge on any atom is 0.374 e. The van der Waals surface area contributed by atoms with Gasteiger partial charge < -0.3 is 14.3 Å². The molecular formula is C11H14O5S. The standard InChI is InChI=1S/C11H14O5S/c1-6-4-8(5-17-7(2)10(12)13)16-9(6)11(14)15-3/h4,7H,5H2,1-3H3,(H,12,13). The zero-order chi connectivity index (χ0) is 13.0. The fraction of sp³-hybridized carbons (Fsp3) is 0.455. The van der Waals surface area contributed by atoms with Gasteiger partial charge in [0.25, 0.3) is 0 Å². The summed E-state index contributed by atoms with van der Waals surface area (Å²) in [5.74, 6) is -0.241. The van der Waals surface area contributed by atoms with E-state index in [-0.39, 0.29) is 5.76 Å². The van der Waals surface area contributed by atoms with E-state index in [1.165, 1.54) is 18.9 Å². The highest BCUT2D eigenvalue weighted by atomic mass is 32.2. The molecule has 1 unspecified atom stereocenters. The molecule has 6 heteroatoms. The molecule has 0 aliphatic carbocycles. The first-order valence-electron chi connectivity index (χ1n) is 4.97. The van der Waals surface area contributed by atoms with Gasteiger partial charge in [-0.2, -0.15) is 0 Å². The van der Waals surface area contributed by atoms with Crippen LogP contribution in [0.4, 0.5) is 0 Å². The van der Waals surface area contributed by atoms with Crippen LogP contribution < -0.4 is 0 Å². The van der Waals surface area contributed by atoms with E-state index in [0.717, 1.165) is 0 Å². The van der Waals surface area contributed by atoms with Gasteiger partial charge in [0, 0.05) is 5.56 Å². The van der Waals surface area contributed by atoms with Crippen LogP contribution in [0.2, 0.25) is 0 Å². The Morgan fingerprint density at radius 2 is 2.24 bits per heavy atom. The molecule has 0 aliphatic rings. The number of carbonyl (C=O) groups is 2. The highest BCUT2D eigenvalue weighted by Gasteiger charge is 2.17. The molecule has 5 nitrogen and oxygen atoms in total. The summed E-state index contributed by atoms with van der Waals surface area (Å²) >= 11 is 1.23. The molecule has 0 saturated heterocycles. The first-order chi connectivity index (χ1) is 7.95. The molecule has 1 atom stereocenters. The largest absolute Gasteiger partial charge is 0.480 e. The van der Waals surface area contributed by atoms with Crippen LogP contribution in [0.5, 0.6) is 0 Å². The maximum atomic E-state index is 11.3. The Morgan fingerprint density at radius 3 is 2.76 bits per heavy atom. The summed E-state index contributed by atoms with van der Waals surface area (Å²) in [6.07, 6.45) is 0. The predicted octanol–water partition coefficient (Wildman–Crippen LogP) is 2.08. The first kappa shape index (κ1) is 13.6. The first-order valence-corrected chi connectivity index (χ1v) is 6.02. The highest BCUT2D eigenvalue weighted by molar-refractivity contribution is 7.99. The van der Waals surface area contributed by atoms with Crippen molar-refractivity contribution >= 4 is 23.7 Å². The van der Waals surface area contributed by atoms with Crippen LogP contribution in [0.25, 0.3) is 0 Å². The smallest absolute Gasteiger partial charge is 0.374 e. The number of aliphatic carboxylic acids is 1. The number of ether oxygens (including phenoxy) is 1. The Labute approximate surface area is 103 Å². The molecule has 0 saturated carbocycles. The van der Waals surface area contributed by atoms with Crippen molar-refractivity contribution in [3.05, 3.63) is 23.2 Å². The second-order valence-electron chi connectivity index (χ2n) is 3.51. The van der Waals surface area contributed by atoms with Crippen LogP contribution in [-0.4, -0.2) is 29.4 Å². The van der Waals surface area contributed by atoms with Crippen LogP contribution in [0.3, 0.4) is 0 Å². The average molecular weight is 258 g/mol. The summed E-state index contributed by atoms with van der Waals surface area (Å²) in [5, 5.41) is 8.21. The van der Waals surface area contributed by atoms with E-state index in [4.69, 9.17) is 9.52 Å². The Morgan fingerprint density at radius 1 is 1.59 bits per heavy atom. The minimum atomic E-state index is -0.869. The third-order valence-corrected chi connectivity index (χ3v) is 3.32. The molecule has 1 aromatic rings. The molecule has 17 heavy (non-hydrogen) atoms. The number of furan rings is 1. The van der Waals surface area contributed by atoms with Crippen LogP contribution in [0.1, 0.15) is 28.8 Å². The third kappa shape index (κ3) is 3.52. The molecule has 1 heterocycles. The summed E-state index contributed by atoms with van der Waals surface area (Å²) < 4.78 is 9.87. The molecule has 0 amide bonds. The van der Waals surface area contributed by atoms with Crippen molar-refractivity contribution in [1.82, 2.24) is 0 Å². The zero-order valence-electron chi connectivity index (χ0n) is 9.85. The number of rotatable bonds is 5. The molecule has 1 N–H and O–H groups in total. The van der Waals surface area contributed by atoms with Gasteiger partial charge in [0.1, 0.15) is 5.76 Å². The molecular weight excluding hydrogens is 244 g/mol. The molecule has 0 aliphatic heterocycles. The minimum absolute atomic E-state index is 0.172. The second-order valence-corrected chi connectivity index (χ2v) is 4.84. The van der Waals surface area contributed by atoms with E-state index < -0.39 is 17.2 Å². The van der Waals surface area contributed by atoms with Crippen LogP contribution in [0.15, 0.2) is 10.5 Å². The summed E-state index contributed by atoms with van der Waals surface area (Å²) in [6, 6.07) is 1.72. The van der Waals surface area contributed by atoms with Crippen molar-refractivity contribution in [3.63, 3.8) is 0 Å². The van der Waals surface area contributed by atoms with Gasteiger partial charge in [-0.1, -0.05) is 0 Å². The number of carboxylic acids is 1. The molecule has 1 rings (SSSR count). The van der Waals surface area contributed by atoms with E-state index >= 15 is 0 Å². The molecule has 0 radical (unpaired) electrons. The topological polar surface area (TPSA) is 76.7 Å². The second kappa shape index (κ2) is 5.77. The van der Waals surface area contributed by atoms with Crippen LogP contribution in [0, 0.1) is 6.92 Å².